The van der Waals surface area contributed by atoms with E-state index >= 15 is 0 Å². The summed E-state index contributed by atoms with van der Waals surface area (Å²) in [6.07, 6.45) is 3.15. The zero-order valence-electron chi connectivity index (χ0n) is 16.2. The molecule has 0 aliphatic carbocycles. The minimum Gasteiger partial charge on any atom is -0.324 e. The van der Waals surface area contributed by atoms with Crippen LogP contribution in [0.1, 0.15) is 34.0 Å². The summed E-state index contributed by atoms with van der Waals surface area (Å²) in [5, 5.41) is 3.24. The third-order valence-electron chi connectivity index (χ3n) is 4.49. The Bertz CT molecular complexity index is 931. The molecule has 5 heteroatoms. The van der Waals surface area contributed by atoms with Crippen LogP contribution in [-0.4, -0.2) is 22.4 Å². The van der Waals surface area contributed by atoms with Crippen molar-refractivity contribution in [2.45, 2.75) is 27.7 Å². The molecule has 0 fully saturated rings. The summed E-state index contributed by atoms with van der Waals surface area (Å²) in [5.74, 6) is 0.365. The maximum absolute atomic E-state index is 12.9. The number of aryl methyl sites for hydroxylation is 3. The molecule has 3 rings (SSSR count). The summed E-state index contributed by atoms with van der Waals surface area (Å²) in [4.78, 5) is 23.3. The van der Waals surface area contributed by atoms with Crippen LogP contribution in [0.15, 0.2) is 54.9 Å². The minimum atomic E-state index is -0.110. The lowest BCUT2D eigenvalue weighted by Gasteiger charge is -2.21. The molecule has 0 saturated carbocycles. The average molecular weight is 360 g/mol. The number of para-hydroxylation sites is 1. The van der Waals surface area contributed by atoms with E-state index in [-0.39, 0.29) is 5.91 Å². The molecule has 0 unspecified atom stereocenters. The fourth-order valence-corrected chi connectivity index (χ4v) is 3.02. The highest BCUT2D eigenvalue weighted by Crippen LogP contribution is 2.23. The van der Waals surface area contributed by atoms with Gasteiger partial charge in [0.25, 0.3) is 5.91 Å². The van der Waals surface area contributed by atoms with Gasteiger partial charge in [0.1, 0.15) is 0 Å². The van der Waals surface area contributed by atoms with E-state index in [1.165, 1.54) is 0 Å². The van der Waals surface area contributed by atoms with Crippen LogP contribution in [-0.2, 0) is 0 Å². The first-order chi connectivity index (χ1) is 13.0. The second-order valence-electron chi connectivity index (χ2n) is 6.58. The van der Waals surface area contributed by atoms with Gasteiger partial charge in [0.15, 0.2) is 0 Å². The molecule has 1 heterocycles. The first-order valence-corrected chi connectivity index (χ1v) is 9.03. The number of amides is 1. The Balaban J connectivity index is 1.81. The summed E-state index contributed by atoms with van der Waals surface area (Å²) in [6.45, 7) is 8.62. The Morgan fingerprint density at radius 3 is 2.22 bits per heavy atom. The van der Waals surface area contributed by atoms with Crippen LogP contribution in [0.3, 0.4) is 0 Å². The van der Waals surface area contributed by atoms with Gasteiger partial charge in [-0.1, -0.05) is 30.3 Å². The number of carbonyl (C=O) groups excluding carboxylic acids is 1. The summed E-state index contributed by atoms with van der Waals surface area (Å²) in [7, 11) is 0. The van der Waals surface area contributed by atoms with Crippen molar-refractivity contribution in [2.75, 3.05) is 16.8 Å². The molecule has 3 aromatic rings. The van der Waals surface area contributed by atoms with Gasteiger partial charge in [-0.3, -0.25) is 4.79 Å². The number of nitrogens with zero attached hydrogens (tertiary/aromatic N) is 3. The maximum atomic E-state index is 12.9. The molecular weight excluding hydrogens is 336 g/mol. The summed E-state index contributed by atoms with van der Waals surface area (Å²) >= 11 is 0. The van der Waals surface area contributed by atoms with E-state index in [0.717, 1.165) is 28.1 Å². The molecule has 0 saturated heterocycles. The van der Waals surface area contributed by atoms with Crippen LogP contribution < -0.4 is 10.2 Å². The normalized spacial score (nSPS) is 10.5. The molecule has 1 aromatic heterocycles. The van der Waals surface area contributed by atoms with Gasteiger partial charge in [0.05, 0.1) is 5.56 Å². The van der Waals surface area contributed by atoms with E-state index in [0.29, 0.717) is 18.1 Å². The number of carbonyl (C=O) groups is 1. The van der Waals surface area contributed by atoms with Crippen LogP contribution >= 0.6 is 0 Å². The van der Waals surface area contributed by atoms with Gasteiger partial charge < -0.3 is 10.2 Å². The first kappa shape index (κ1) is 18.6. The van der Waals surface area contributed by atoms with Crippen LogP contribution in [0.5, 0.6) is 0 Å². The minimum absolute atomic E-state index is 0.110. The van der Waals surface area contributed by atoms with Crippen molar-refractivity contribution in [1.82, 2.24) is 9.97 Å². The lowest BCUT2D eigenvalue weighted by Crippen LogP contribution is -2.30. The first-order valence-electron chi connectivity index (χ1n) is 9.03. The van der Waals surface area contributed by atoms with Gasteiger partial charge >= 0.3 is 0 Å². The molecule has 27 heavy (non-hydrogen) atoms. The number of anilines is 3. The summed E-state index contributed by atoms with van der Waals surface area (Å²) in [6, 6.07) is 14.0. The van der Waals surface area contributed by atoms with Crippen LogP contribution in [0.4, 0.5) is 17.3 Å². The summed E-state index contributed by atoms with van der Waals surface area (Å²) < 4.78 is 0. The molecule has 0 aliphatic rings. The van der Waals surface area contributed by atoms with Crippen molar-refractivity contribution in [3.05, 3.63) is 77.1 Å². The fourth-order valence-electron chi connectivity index (χ4n) is 3.02. The van der Waals surface area contributed by atoms with E-state index in [2.05, 4.69) is 15.3 Å². The van der Waals surface area contributed by atoms with Crippen molar-refractivity contribution in [3.8, 4) is 0 Å². The Kier molecular flexibility index (Phi) is 5.50. The predicted octanol–water partition coefficient (Wildman–Crippen LogP) is 4.81. The predicted molar refractivity (Wildman–Crippen MR) is 110 cm³/mol. The van der Waals surface area contributed by atoms with Crippen molar-refractivity contribution in [1.29, 1.82) is 0 Å². The number of nitrogens with one attached hydrogen (secondary N) is 1. The molecule has 1 N–H and O–H groups in total. The van der Waals surface area contributed by atoms with Crippen LogP contribution in [0, 0.1) is 20.8 Å². The molecule has 0 aliphatic heterocycles. The largest absolute Gasteiger partial charge is 0.324 e. The van der Waals surface area contributed by atoms with Gasteiger partial charge in [-0.05, 0) is 56.5 Å². The highest BCUT2D eigenvalue weighted by Gasteiger charge is 2.17. The van der Waals surface area contributed by atoms with Crippen molar-refractivity contribution in [2.24, 2.45) is 0 Å². The van der Waals surface area contributed by atoms with Gasteiger partial charge in [0.2, 0.25) is 5.95 Å². The van der Waals surface area contributed by atoms with Gasteiger partial charge in [-0.15, -0.1) is 0 Å². The number of benzene rings is 2. The Hall–Kier alpha value is -3.21. The van der Waals surface area contributed by atoms with E-state index < -0.39 is 0 Å². The molecular formula is C22H24N4O. The number of hydrogen-bond donors (Lipinski definition) is 1. The molecule has 138 valence electrons. The van der Waals surface area contributed by atoms with Crippen LogP contribution in [0.25, 0.3) is 0 Å². The standard InChI is InChI=1S/C22H24N4O/c1-5-26(19-11-6-8-15(2)12-19)21(27)18-13-23-22(24-14-18)25-20-16(3)9-7-10-17(20)4/h6-14H,5H2,1-4H3,(H,23,24,25). The SMILES string of the molecule is CCN(C(=O)c1cnc(Nc2c(C)cccc2C)nc1)c1cccc(C)c1. The second kappa shape index (κ2) is 7.99. The molecule has 0 atom stereocenters. The Morgan fingerprint density at radius 1 is 1.00 bits per heavy atom. The van der Waals surface area contributed by atoms with E-state index in [9.17, 15) is 4.79 Å². The highest BCUT2D eigenvalue weighted by atomic mass is 16.2. The zero-order chi connectivity index (χ0) is 19.4. The number of aromatic nitrogens is 2. The molecule has 5 nitrogen and oxygen atoms in total. The number of rotatable bonds is 5. The maximum Gasteiger partial charge on any atom is 0.261 e. The molecule has 1 amide bonds. The van der Waals surface area contributed by atoms with E-state index in [1.54, 1.807) is 17.3 Å². The average Bonchev–Trinajstić information content (AvgIpc) is 2.66. The van der Waals surface area contributed by atoms with Gasteiger partial charge in [-0.2, -0.15) is 0 Å². The zero-order valence-corrected chi connectivity index (χ0v) is 16.2. The Labute approximate surface area is 160 Å². The lowest BCUT2D eigenvalue weighted by molar-refractivity contribution is 0.0987. The van der Waals surface area contributed by atoms with Crippen LogP contribution in [0.2, 0.25) is 0 Å². The van der Waals surface area contributed by atoms with Crippen molar-refractivity contribution in [3.63, 3.8) is 0 Å². The molecule has 0 radical (unpaired) electrons. The third-order valence-corrected chi connectivity index (χ3v) is 4.49. The van der Waals surface area contributed by atoms with Crippen molar-refractivity contribution >= 4 is 23.2 Å². The van der Waals surface area contributed by atoms with Gasteiger partial charge in [-0.25, -0.2) is 9.97 Å². The lowest BCUT2D eigenvalue weighted by atomic mass is 10.1. The highest BCUT2D eigenvalue weighted by molar-refractivity contribution is 6.05. The Morgan fingerprint density at radius 2 is 1.63 bits per heavy atom. The van der Waals surface area contributed by atoms with Gasteiger partial charge in [0, 0.05) is 30.3 Å². The third kappa shape index (κ3) is 4.14. The van der Waals surface area contributed by atoms with E-state index in [4.69, 9.17) is 0 Å². The monoisotopic (exact) mass is 360 g/mol. The quantitative estimate of drug-likeness (QED) is 0.709. The van der Waals surface area contributed by atoms with E-state index in [1.807, 2.05) is 70.2 Å². The smallest absolute Gasteiger partial charge is 0.261 e. The summed E-state index contributed by atoms with van der Waals surface area (Å²) in [5.41, 5.74) is 5.69. The molecule has 0 bridgehead atoms. The second-order valence-corrected chi connectivity index (χ2v) is 6.58. The molecule has 0 spiro atoms. The topological polar surface area (TPSA) is 58.1 Å². The fraction of sp³-hybridized carbons (Fsp3) is 0.227. The number of hydrogen-bond acceptors (Lipinski definition) is 4. The van der Waals surface area contributed by atoms with Crippen molar-refractivity contribution < 1.29 is 4.79 Å². The molecule has 2 aromatic carbocycles.